The van der Waals surface area contributed by atoms with Gasteiger partial charge in [-0.05, 0) is 66.9 Å². The zero-order valence-corrected chi connectivity index (χ0v) is 24.3. The van der Waals surface area contributed by atoms with Gasteiger partial charge >= 0.3 is 0 Å². The van der Waals surface area contributed by atoms with Crippen LogP contribution in [0, 0.1) is 12.7 Å². The number of fused-ring (bicyclic) bond motifs is 3. The lowest BCUT2D eigenvalue weighted by Crippen LogP contribution is -2.39. The van der Waals surface area contributed by atoms with Crippen molar-refractivity contribution >= 4 is 40.2 Å². The summed E-state index contributed by atoms with van der Waals surface area (Å²) in [5, 5.41) is 6.19. The molecule has 2 amide bonds. The van der Waals surface area contributed by atoms with E-state index in [4.69, 9.17) is 4.74 Å². The van der Waals surface area contributed by atoms with Gasteiger partial charge in [0.1, 0.15) is 5.82 Å². The first kappa shape index (κ1) is 28.1. The van der Waals surface area contributed by atoms with Gasteiger partial charge in [0, 0.05) is 54.4 Å². The van der Waals surface area contributed by atoms with E-state index in [1.165, 1.54) is 17.4 Å². The van der Waals surface area contributed by atoms with Gasteiger partial charge in [0.15, 0.2) is 0 Å². The van der Waals surface area contributed by atoms with Crippen LogP contribution in [0.15, 0.2) is 72.8 Å². The number of carbonyl (C=O) groups excluding carboxylic acids is 2. The Kier molecular flexibility index (Phi) is 8.32. The van der Waals surface area contributed by atoms with E-state index in [9.17, 15) is 14.0 Å². The SMILES string of the molecule is Cc1cccc(F)c1NC(=O)c1cc2c(s1)-c1ccccc1N(C(=O)c1ccc(NCCN3CCOCC3)cc1)CC2. The van der Waals surface area contributed by atoms with Crippen LogP contribution in [-0.4, -0.2) is 62.7 Å². The first-order chi connectivity index (χ1) is 20.5. The number of nitrogens with one attached hydrogen (secondary N) is 2. The number of benzene rings is 3. The molecule has 42 heavy (non-hydrogen) atoms. The van der Waals surface area contributed by atoms with Crippen molar-refractivity contribution in [1.29, 1.82) is 0 Å². The summed E-state index contributed by atoms with van der Waals surface area (Å²) in [5.74, 6) is -0.867. The fourth-order valence-corrected chi connectivity index (χ4v) is 6.59. The van der Waals surface area contributed by atoms with Gasteiger partial charge in [0.25, 0.3) is 11.8 Å². The van der Waals surface area contributed by atoms with Crippen molar-refractivity contribution in [1.82, 2.24) is 4.90 Å². The summed E-state index contributed by atoms with van der Waals surface area (Å²) in [5.41, 5.74) is 5.18. The molecule has 1 saturated heterocycles. The standard InChI is InChI=1S/C33H33FN4O3S/c1-22-5-4-7-27(34)30(22)36-32(39)29-21-24-13-15-38(28-8-3-2-6-26(28)31(24)42-29)33(40)23-9-11-25(12-10-23)35-14-16-37-17-19-41-20-18-37/h2-12,21,35H,13-20H2,1H3,(H,36,39). The summed E-state index contributed by atoms with van der Waals surface area (Å²) in [6.07, 6.45) is 0.597. The number of amides is 2. The summed E-state index contributed by atoms with van der Waals surface area (Å²) in [7, 11) is 0. The molecule has 3 aromatic carbocycles. The van der Waals surface area contributed by atoms with Crippen molar-refractivity contribution in [2.45, 2.75) is 13.3 Å². The molecule has 0 radical (unpaired) electrons. The minimum Gasteiger partial charge on any atom is -0.384 e. The van der Waals surface area contributed by atoms with Gasteiger partial charge in [-0.2, -0.15) is 0 Å². The average molecular weight is 585 g/mol. The molecule has 0 bridgehead atoms. The summed E-state index contributed by atoms with van der Waals surface area (Å²) in [6.45, 7) is 7.51. The molecule has 1 fully saturated rings. The Morgan fingerprint density at radius 3 is 2.55 bits per heavy atom. The molecule has 6 rings (SSSR count). The molecule has 2 N–H and O–H groups in total. The number of hydrogen-bond acceptors (Lipinski definition) is 6. The van der Waals surface area contributed by atoms with Gasteiger partial charge < -0.3 is 20.3 Å². The third kappa shape index (κ3) is 5.94. The van der Waals surface area contributed by atoms with Crippen molar-refractivity contribution in [2.75, 3.05) is 61.5 Å². The van der Waals surface area contributed by atoms with Gasteiger partial charge in [-0.25, -0.2) is 4.39 Å². The summed E-state index contributed by atoms with van der Waals surface area (Å²) in [6, 6.07) is 22.0. The largest absolute Gasteiger partial charge is 0.384 e. The Labute approximate surface area is 248 Å². The van der Waals surface area contributed by atoms with Crippen LogP contribution in [-0.2, 0) is 11.2 Å². The maximum atomic E-state index is 14.4. The van der Waals surface area contributed by atoms with Crippen molar-refractivity contribution in [3.05, 3.63) is 100 Å². The highest BCUT2D eigenvalue weighted by Gasteiger charge is 2.28. The Bertz CT molecular complexity index is 1580. The summed E-state index contributed by atoms with van der Waals surface area (Å²) in [4.78, 5) is 32.5. The summed E-state index contributed by atoms with van der Waals surface area (Å²) < 4.78 is 19.8. The van der Waals surface area contributed by atoms with Crippen LogP contribution in [0.1, 0.15) is 31.2 Å². The predicted octanol–water partition coefficient (Wildman–Crippen LogP) is 6.06. The molecule has 3 heterocycles. The van der Waals surface area contributed by atoms with Crippen LogP contribution in [0.4, 0.5) is 21.5 Å². The van der Waals surface area contributed by atoms with E-state index in [-0.39, 0.29) is 17.5 Å². The van der Waals surface area contributed by atoms with Crippen LogP contribution in [0.3, 0.4) is 0 Å². The highest BCUT2D eigenvalue weighted by molar-refractivity contribution is 7.17. The van der Waals surface area contributed by atoms with Crippen molar-refractivity contribution in [2.24, 2.45) is 0 Å². The molecule has 0 spiro atoms. The molecule has 2 aliphatic heterocycles. The van der Waals surface area contributed by atoms with E-state index in [0.29, 0.717) is 29.0 Å². The maximum Gasteiger partial charge on any atom is 0.265 e. The van der Waals surface area contributed by atoms with E-state index in [1.54, 1.807) is 19.1 Å². The zero-order valence-electron chi connectivity index (χ0n) is 23.5. The Hall–Kier alpha value is -4.05. The second kappa shape index (κ2) is 12.4. The lowest BCUT2D eigenvalue weighted by molar-refractivity contribution is 0.0398. The fourth-order valence-electron chi connectivity index (χ4n) is 5.45. The number of nitrogens with zero attached hydrogens (tertiary/aromatic N) is 2. The topological polar surface area (TPSA) is 73.9 Å². The molecule has 9 heteroatoms. The molecular formula is C33H33FN4O3S. The minimum absolute atomic E-state index is 0.0644. The van der Waals surface area contributed by atoms with Gasteiger partial charge in [-0.3, -0.25) is 14.5 Å². The van der Waals surface area contributed by atoms with Crippen molar-refractivity contribution < 1.29 is 18.7 Å². The van der Waals surface area contributed by atoms with Crippen molar-refractivity contribution in [3.63, 3.8) is 0 Å². The first-order valence-corrected chi connectivity index (χ1v) is 15.0. The van der Waals surface area contributed by atoms with Gasteiger partial charge in [-0.1, -0.05) is 30.3 Å². The lowest BCUT2D eigenvalue weighted by Gasteiger charge is -2.26. The first-order valence-electron chi connectivity index (χ1n) is 14.2. The molecule has 2 aliphatic rings. The highest BCUT2D eigenvalue weighted by atomic mass is 32.1. The number of para-hydroxylation sites is 2. The van der Waals surface area contributed by atoms with E-state index in [2.05, 4.69) is 15.5 Å². The lowest BCUT2D eigenvalue weighted by atomic mass is 10.1. The number of carbonyl (C=O) groups is 2. The number of halogens is 1. The van der Waals surface area contributed by atoms with Crippen LogP contribution in [0.25, 0.3) is 10.4 Å². The van der Waals surface area contributed by atoms with Crippen molar-refractivity contribution in [3.8, 4) is 10.4 Å². The van der Waals surface area contributed by atoms with Crippen LogP contribution < -0.4 is 15.5 Å². The molecule has 1 aromatic heterocycles. The Balaban J connectivity index is 1.17. The molecule has 0 saturated carbocycles. The van der Waals surface area contributed by atoms with E-state index in [0.717, 1.165) is 66.8 Å². The maximum absolute atomic E-state index is 14.4. The quantitative estimate of drug-likeness (QED) is 0.276. The minimum atomic E-state index is -0.460. The molecule has 0 aliphatic carbocycles. The molecule has 0 unspecified atom stereocenters. The number of ether oxygens (including phenoxy) is 1. The van der Waals surface area contributed by atoms with Crippen LogP contribution in [0.5, 0.6) is 0 Å². The number of morpholine rings is 1. The van der Waals surface area contributed by atoms with Gasteiger partial charge in [0.05, 0.1) is 29.5 Å². The highest BCUT2D eigenvalue weighted by Crippen LogP contribution is 2.42. The molecule has 4 aromatic rings. The Morgan fingerprint density at radius 1 is 0.976 bits per heavy atom. The fraction of sp³-hybridized carbons (Fsp3) is 0.273. The van der Waals surface area contributed by atoms with E-state index < -0.39 is 5.82 Å². The second-order valence-corrected chi connectivity index (χ2v) is 11.6. The smallest absolute Gasteiger partial charge is 0.265 e. The number of aryl methyl sites for hydroxylation is 1. The monoisotopic (exact) mass is 584 g/mol. The Morgan fingerprint density at radius 2 is 1.76 bits per heavy atom. The van der Waals surface area contributed by atoms with Gasteiger partial charge in [-0.15, -0.1) is 11.3 Å². The average Bonchev–Trinajstić information content (AvgIpc) is 3.38. The number of thiophene rings is 1. The number of hydrogen-bond donors (Lipinski definition) is 2. The third-order valence-corrected chi connectivity index (χ3v) is 8.98. The molecule has 7 nitrogen and oxygen atoms in total. The van der Waals surface area contributed by atoms with Crippen LogP contribution >= 0.6 is 11.3 Å². The number of rotatable bonds is 7. The molecule has 216 valence electrons. The second-order valence-electron chi connectivity index (χ2n) is 10.5. The normalized spacial score (nSPS) is 15.0. The van der Waals surface area contributed by atoms with E-state index in [1.807, 2.05) is 59.5 Å². The van der Waals surface area contributed by atoms with E-state index >= 15 is 0 Å². The van der Waals surface area contributed by atoms with Gasteiger partial charge in [0.2, 0.25) is 0 Å². The molecule has 0 atom stereocenters. The summed E-state index contributed by atoms with van der Waals surface area (Å²) >= 11 is 1.37. The van der Waals surface area contributed by atoms with Crippen LogP contribution in [0.2, 0.25) is 0 Å². The third-order valence-electron chi connectivity index (χ3n) is 7.78. The predicted molar refractivity (Wildman–Crippen MR) is 166 cm³/mol. The number of anilines is 3. The zero-order chi connectivity index (χ0) is 29.1. The molecular weight excluding hydrogens is 551 g/mol.